The quantitative estimate of drug-likeness (QED) is 0.443. The van der Waals surface area contributed by atoms with Crippen molar-refractivity contribution in [1.29, 1.82) is 0 Å². The van der Waals surface area contributed by atoms with Gasteiger partial charge < -0.3 is 25.2 Å². The molecule has 0 saturated carbocycles. The van der Waals surface area contributed by atoms with Gasteiger partial charge in [-0.15, -0.1) is 0 Å². The molecule has 0 aromatic heterocycles. The van der Waals surface area contributed by atoms with Crippen molar-refractivity contribution in [2.45, 2.75) is 18.3 Å². The predicted octanol–water partition coefficient (Wildman–Crippen LogP) is 2.77. The monoisotopic (exact) mass is 462 g/mol. The van der Waals surface area contributed by atoms with Crippen LogP contribution in [0.25, 0.3) is 11.1 Å². The summed E-state index contributed by atoms with van der Waals surface area (Å²) in [5.41, 5.74) is 4.05. The predicted molar refractivity (Wildman–Crippen MR) is 114 cm³/mol. The molecule has 1 aliphatic carbocycles. The van der Waals surface area contributed by atoms with Gasteiger partial charge in [-0.05, 0) is 22.3 Å². The summed E-state index contributed by atoms with van der Waals surface area (Å²) in [6.45, 7) is -1.69. The van der Waals surface area contributed by atoms with Crippen molar-refractivity contribution in [2.75, 3.05) is 32.9 Å². The van der Waals surface area contributed by atoms with Crippen LogP contribution in [-0.2, 0) is 19.1 Å². The minimum absolute atomic E-state index is 0.0364. The van der Waals surface area contributed by atoms with Gasteiger partial charge in [0.1, 0.15) is 6.61 Å². The second kappa shape index (κ2) is 10.9. The van der Waals surface area contributed by atoms with Crippen LogP contribution >= 0.6 is 0 Å². The first-order valence-corrected chi connectivity index (χ1v) is 10.3. The first-order valence-electron chi connectivity index (χ1n) is 10.3. The molecule has 2 aromatic rings. The number of carbonyl (C=O) groups is 3. The lowest BCUT2D eigenvalue weighted by atomic mass is 9.98. The van der Waals surface area contributed by atoms with Gasteiger partial charge in [0.2, 0.25) is 0 Å². The molecule has 0 radical (unpaired) electrons. The van der Waals surface area contributed by atoms with Crippen molar-refractivity contribution < 1.29 is 37.7 Å². The molecule has 0 spiro atoms. The molecule has 2 amide bonds. The van der Waals surface area contributed by atoms with E-state index in [0.717, 1.165) is 22.3 Å². The van der Waals surface area contributed by atoms with Crippen molar-refractivity contribution >= 4 is 18.0 Å². The second-order valence-electron chi connectivity index (χ2n) is 7.40. The fourth-order valence-corrected chi connectivity index (χ4v) is 3.54. The van der Waals surface area contributed by atoms with Crippen LogP contribution in [0.15, 0.2) is 48.5 Å². The van der Waals surface area contributed by atoms with E-state index in [-0.39, 0.29) is 38.7 Å². The van der Waals surface area contributed by atoms with Crippen molar-refractivity contribution in [3.05, 3.63) is 59.7 Å². The Bertz CT molecular complexity index is 968. The number of aliphatic carboxylic acids is 1. The largest absolute Gasteiger partial charge is 0.481 e. The molecule has 0 saturated heterocycles. The third kappa shape index (κ3) is 6.26. The van der Waals surface area contributed by atoms with Crippen molar-refractivity contribution in [3.63, 3.8) is 0 Å². The zero-order valence-electron chi connectivity index (χ0n) is 17.7. The number of amides is 2. The first kappa shape index (κ1) is 24.1. The molecular weight excluding hydrogens is 438 g/mol. The van der Waals surface area contributed by atoms with Crippen molar-refractivity contribution in [3.8, 4) is 11.1 Å². The molecule has 3 rings (SSSR count). The lowest BCUT2D eigenvalue weighted by molar-refractivity contribution is -0.145. The van der Waals surface area contributed by atoms with Crippen LogP contribution in [0.4, 0.5) is 13.6 Å². The molecule has 0 aliphatic heterocycles. The number of hydrogen-bond donors (Lipinski definition) is 3. The molecule has 0 atom stereocenters. The fourth-order valence-electron chi connectivity index (χ4n) is 3.54. The number of fused-ring (bicyclic) bond motifs is 3. The Morgan fingerprint density at radius 2 is 1.55 bits per heavy atom. The van der Waals surface area contributed by atoms with E-state index < -0.39 is 30.4 Å². The maximum atomic E-state index is 14.0. The molecule has 33 heavy (non-hydrogen) atoms. The summed E-state index contributed by atoms with van der Waals surface area (Å²) in [5, 5.41) is 12.4. The van der Waals surface area contributed by atoms with Crippen LogP contribution in [-0.4, -0.2) is 61.9 Å². The van der Waals surface area contributed by atoms with Crippen molar-refractivity contribution in [1.82, 2.24) is 10.6 Å². The zero-order valence-corrected chi connectivity index (χ0v) is 17.7. The first-order chi connectivity index (χ1) is 15.8. The number of carboxylic acids is 1. The van der Waals surface area contributed by atoms with Crippen molar-refractivity contribution in [2.24, 2.45) is 0 Å². The number of rotatable bonds is 11. The van der Waals surface area contributed by atoms with Gasteiger partial charge in [0.25, 0.3) is 5.91 Å². The second-order valence-corrected chi connectivity index (χ2v) is 7.40. The van der Waals surface area contributed by atoms with Gasteiger partial charge in [0, 0.05) is 12.5 Å². The number of halogens is 2. The van der Waals surface area contributed by atoms with E-state index in [9.17, 15) is 23.2 Å². The number of carbonyl (C=O) groups excluding carboxylic acids is 2. The van der Waals surface area contributed by atoms with Crippen LogP contribution in [0.3, 0.4) is 0 Å². The van der Waals surface area contributed by atoms with E-state index in [1.807, 2.05) is 59.2 Å². The van der Waals surface area contributed by atoms with E-state index in [0.29, 0.717) is 0 Å². The minimum Gasteiger partial charge on any atom is -0.481 e. The normalized spacial score (nSPS) is 12.5. The number of carboxylic acid groups (broad SMARTS) is 1. The smallest absolute Gasteiger partial charge is 0.407 e. The molecule has 176 valence electrons. The molecule has 10 heteroatoms. The van der Waals surface area contributed by atoms with Gasteiger partial charge in [-0.25, -0.2) is 4.79 Å². The standard InChI is InChI=1S/C23H24F2N2O6/c24-23(25,21(30)26-10-12-32-11-9-20(28)29)14-27-22(31)33-13-19-17-7-3-1-5-15(17)16-6-2-4-8-18(16)19/h1-8,19H,9-14H2,(H,26,30)(H,27,31)(H,28,29). The Labute approximate surface area is 188 Å². The van der Waals surface area contributed by atoms with Crippen LogP contribution < -0.4 is 10.6 Å². The summed E-state index contributed by atoms with van der Waals surface area (Å²) >= 11 is 0. The van der Waals surface area contributed by atoms with Gasteiger partial charge in [-0.3, -0.25) is 9.59 Å². The Morgan fingerprint density at radius 1 is 0.939 bits per heavy atom. The van der Waals surface area contributed by atoms with Gasteiger partial charge in [-0.1, -0.05) is 48.5 Å². The van der Waals surface area contributed by atoms with E-state index in [1.54, 1.807) is 0 Å². The average molecular weight is 462 g/mol. The molecule has 0 heterocycles. The summed E-state index contributed by atoms with van der Waals surface area (Å²) < 4.78 is 38.1. The molecule has 0 fully saturated rings. The lowest BCUT2D eigenvalue weighted by Gasteiger charge is -2.18. The Kier molecular flexibility index (Phi) is 7.94. The van der Waals surface area contributed by atoms with Gasteiger partial charge in [0.05, 0.1) is 26.2 Å². The number of hydrogen-bond acceptors (Lipinski definition) is 5. The van der Waals surface area contributed by atoms with E-state index in [4.69, 9.17) is 14.6 Å². The summed E-state index contributed by atoms with van der Waals surface area (Å²) in [5.74, 6) is -6.70. The van der Waals surface area contributed by atoms with Gasteiger partial charge >= 0.3 is 18.0 Å². The molecule has 3 N–H and O–H groups in total. The van der Waals surface area contributed by atoms with E-state index in [1.165, 1.54) is 0 Å². The van der Waals surface area contributed by atoms with Crippen LogP contribution in [0.2, 0.25) is 0 Å². The number of alkyl carbamates (subject to hydrolysis) is 1. The fraction of sp³-hybridized carbons (Fsp3) is 0.348. The number of nitrogens with one attached hydrogen (secondary N) is 2. The Morgan fingerprint density at radius 3 is 2.15 bits per heavy atom. The summed E-state index contributed by atoms with van der Waals surface area (Å²) in [6, 6.07) is 15.4. The Balaban J connectivity index is 1.44. The van der Waals surface area contributed by atoms with Gasteiger partial charge in [-0.2, -0.15) is 8.78 Å². The SMILES string of the molecule is O=C(O)CCOCCNC(=O)C(F)(F)CNC(=O)OCC1c2ccccc2-c2ccccc21. The topological polar surface area (TPSA) is 114 Å². The molecular formula is C23H24F2N2O6. The van der Waals surface area contributed by atoms with Crippen LogP contribution in [0.5, 0.6) is 0 Å². The lowest BCUT2D eigenvalue weighted by Crippen LogP contribution is -2.48. The zero-order chi connectivity index (χ0) is 23.8. The summed E-state index contributed by atoms with van der Waals surface area (Å²) in [6.07, 6.45) is -1.28. The third-order valence-corrected chi connectivity index (χ3v) is 5.12. The van der Waals surface area contributed by atoms with E-state index in [2.05, 4.69) is 0 Å². The molecule has 1 aliphatic rings. The Hall–Kier alpha value is -3.53. The van der Waals surface area contributed by atoms with E-state index >= 15 is 0 Å². The minimum atomic E-state index is -3.85. The maximum absolute atomic E-state index is 14.0. The molecule has 8 nitrogen and oxygen atoms in total. The highest BCUT2D eigenvalue weighted by atomic mass is 19.3. The van der Waals surface area contributed by atoms with Crippen LogP contribution in [0, 0.1) is 0 Å². The summed E-state index contributed by atoms with van der Waals surface area (Å²) in [7, 11) is 0. The highest BCUT2D eigenvalue weighted by Crippen LogP contribution is 2.44. The van der Waals surface area contributed by atoms with Gasteiger partial charge in [0.15, 0.2) is 0 Å². The third-order valence-electron chi connectivity index (χ3n) is 5.12. The maximum Gasteiger partial charge on any atom is 0.407 e. The highest BCUT2D eigenvalue weighted by molar-refractivity contribution is 5.84. The molecule has 0 bridgehead atoms. The average Bonchev–Trinajstić information content (AvgIpc) is 3.12. The number of alkyl halides is 2. The number of ether oxygens (including phenoxy) is 2. The molecule has 0 unspecified atom stereocenters. The highest BCUT2D eigenvalue weighted by Gasteiger charge is 2.39. The van der Waals surface area contributed by atoms with Crippen LogP contribution in [0.1, 0.15) is 23.5 Å². The number of benzene rings is 2. The molecule has 2 aromatic carbocycles. The summed E-state index contributed by atoms with van der Waals surface area (Å²) in [4.78, 5) is 34.0.